The molecule has 1 heterocycles. The number of ether oxygens (including phenoxy) is 1. The Kier molecular flexibility index (Phi) is 6.78. The van der Waals surface area contributed by atoms with Crippen molar-refractivity contribution < 1.29 is 19.4 Å². The van der Waals surface area contributed by atoms with Crippen molar-refractivity contribution in [2.75, 3.05) is 33.8 Å². The van der Waals surface area contributed by atoms with Crippen LogP contribution in [-0.2, 0) is 16.1 Å². The summed E-state index contributed by atoms with van der Waals surface area (Å²) in [5.41, 5.74) is -0.158. The maximum atomic E-state index is 12.2. The number of amides is 2. The molecule has 3 N–H and O–H groups in total. The molecule has 0 bridgehead atoms. The third kappa shape index (κ3) is 5.72. The van der Waals surface area contributed by atoms with E-state index in [1.807, 2.05) is 29.2 Å². The van der Waals surface area contributed by atoms with E-state index in [-0.39, 0.29) is 24.8 Å². The fourth-order valence-electron chi connectivity index (χ4n) is 3.17. The van der Waals surface area contributed by atoms with E-state index in [9.17, 15) is 14.7 Å². The minimum Gasteiger partial charge on any atom is -0.496 e. The van der Waals surface area contributed by atoms with Gasteiger partial charge in [0.05, 0.1) is 25.7 Å². The largest absolute Gasteiger partial charge is 0.496 e. The van der Waals surface area contributed by atoms with Crippen LogP contribution in [-0.4, -0.2) is 61.2 Å². The van der Waals surface area contributed by atoms with Crippen molar-refractivity contribution in [3.05, 3.63) is 29.8 Å². The highest BCUT2D eigenvalue weighted by Gasteiger charge is 2.35. The number of nitrogens with one attached hydrogen (secondary N) is 2. The molecule has 1 aromatic carbocycles. The molecule has 0 aliphatic carbocycles. The molecule has 1 aromatic rings. The van der Waals surface area contributed by atoms with Gasteiger partial charge in [-0.25, -0.2) is 0 Å². The summed E-state index contributed by atoms with van der Waals surface area (Å²) in [5, 5.41) is 16.0. The predicted molar refractivity (Wildman–Crippen MR) is 94.1 cm³/mol. The maximum Gasteiger partial charge on any atom is 0.234 e. The number of β-amino-alcohol motifs (C(OH)–C–C–N with tert-alkyl or cyclic N) is 1. The topological polar surface area (TPSA) is 90.9 Å². The molecular formula is C18H27N3O4. The summed E-state index contributed by atoms with van der Waals surface area (Å²) in [4.78, 5) is 25.7. The van der Waals surface area contributed by atoms with E-state index in [0.717, 1.165) is 24.3 Å². The first-order valence-electron chi connectivity index (χ1n) is 8.50. The lowest BCUT2D eigenvalue weighted by molar-refractivity contribution is -0.129. The number of piperidine rings is 1. The summed E-state index contributed by atoms with van der Waals surface area (Å²) in [6, 6.07) is 7.53. The molecule has 1 aliphatic heterocycles. The van der Waals surface area contributed by atoms with E-state index >= 15 is 0 Å². The Morgan fingerprint density at radius 1 is 1.32 bits per heavy atom. The fraction of sp³-hybridized carbons (Fsp3) is 0.556. The van der Waals surface area contributed by atoms with Gasteiger partial charge in [0.2, 0.25) is 11.8 Å². The lowest BCUT2D eigenvalue weighted by Crippen LogP contribution is -2.52. The predicted octanol–water partition coefficient (Wildman–Crippen LogP) is 0.274. The average molecular weight is 349 g/mol. The summed E-state index contributed by atoms with van der Waals surface area (Å²) < 4.78 is 5.27. The molecule has 138 valence electrons. The normalized spacial score (nSPS) is 20.8. The first-order chi connectivity index (χ1) is 12.0. The van der Waals surface area contributed by atoms with Crippen molar-refractivity contribution in [1.29, 1.82) is 0 Å². The number of rotatable bonds is 7. The van der Waals surface area contributed by atoms with Gasteiger partial charge in [-0.3, -0.25) is 14.5 Å². The van der Waals surface area contributed by atoms with Crippen LogP contribution < -0.4 is 15.4 Å². The van der Waals surface area contributed by atoms with Crippen LogP contribution in [0.5, 0.6) is 5.75 Å². The summed E-state index contributed by atoms with van der Waals surface area (Å²) in [6.45, 7) is 1.64. The molecular weight excluding hydrogens is 322 g/mol. The number of nitrogens with zero attached hydrogens (tertiary/aromatic N) is 1. The van der Waals surface area contributed by atoms with Gasteiger partial charge >= 0.3 is 0 Å². The maximum absolute atomic E-state index is 12.2. The monoisotopic (exact) mass is 349 g/mol. The summed E-state index contributed by atoms with van der Waals surface area (Å²) >= 11 is 0. The molecule has 7 nitrogen and oxygen atoms in total. The van der Waals surface area contributed by atoms with E-state index in [1.165, 1.54) is 0 Å². The second kappa shape index (κ2) is 8.82. The highest BCUT2D eigenvalue weighted by atomic mass is 16.5. The Morgan fingerprint density at radius 2 is 2.08 bits per heavy atom. The van der Waals surface area contributed by atoms with Gasteiger partial charge in [-0.15, -0.1) is 0 Å². The van der Waals surface area contributed by atoms with Crippen molar-refractivity contribution >= 4 is 11.8 Å². The van der Waals surface area contributed by atoms with Crippen LogP contribution in [0.4, 0.5) is 0 Å². The Hall–Kier alpha value is -2.12. The summed E-state index contributed by atoms with van der Waals surface area (Å²) in [7, 11) is 3.15. The summed E-state index contributed by atoms with van der Waals surface area (Å²) in [6.07, 6.45) is 1.38. The number of benzene rings is 1. The molecule has 0 saturated carbocycles. The van der Waals surface area contributed by atoms with E-state index in [2.05, 4.69) is 10.6 Å². The van der Waals surface area contributed by atoms with Crippen LogP contribution in [0.25, 0.3) is 0 Å². The van der Waals surface area contributed by atoms with Crippen LogP contribution in [0.2, 0.25) is 0 Å². The lowest BCUT2D eigenvalue weighted by atomic mass is 9.89. The second-order valence-electron chi connectivity index (χ2n) is 6.48. The quantitative estimate of drug-likeness (QED) is 0.658. The van der Waals surface area contributed by atoms with Gasteiger partial charge in [-0.1, -0.05) is 18.2 Å². The SMILES string of the molecule is CNC(=O)CC1(O)CCCN(CC(=O)NCc2ccccc2OC)C1. The Bertz CT molecular complexity index is 608. The Morgan fingerprint density at radius 3 is 2.80 bits per heavy atom. The van der Waals surface area contributed by atoms with Gasteiger partial charge in [0.1, 0.15) is 5.75 Å². The molecule has 1 fully saturated rings. The van der Waals surface area contributed by atoms with Gasteiger partial charge in [-0.2, -0.15) is 0 Å². The second-order valence-corrected chi connectivity index (χ2v) is 6.48. The van der Waals surface area contributed by atoms with Gasteiger partial charge in [0.25, 0.3) is 0 Å². The number of carbonyl (C=O) groups excluding carboxylic acids is 2. The zero-order valence-corrected chi connectivity index (χ0v) is 14.9. The molecule has 0 aromatic heterocycles. The van der Waals surface area contributed by atoms with E-state index in [4.69, 9.17) is 4.74 Å². The molecule has 1 unspecified atom stereocenters. The number of likely N-dealkylation sites (tertiary alicyclic amines) is 1. The number of methoxy groups -OCH3 is 1. The molecule has 2 rings (SSSR count). The standard InChI is InChI=1S/C18H27N3O4/c1-19-16(22)10-18(24)8-5-9-21(13-18)12-17(23)20-11-14-6-3-4-7-15(14)25-2/h3-4,6-7,24H,5,8-13H2,1-2H3,(H,19,22)(H,20,23). The molecule has 1 atom stereocenters. The molecule has 0 spiro atoms. The van der Waals surface area contributed by atoms with Crippen LogP contribution >= 0.6 is 0 Å². The molecule has 0 radical (unpaired) electrons. The molecule has 25 heavy (non-hydrogen) atoms. The van der Waals surface area contributed by atoms with Crippen molar-refractivity contribution in [2.45, 2.75) is 31.4 Å². The average Bonchev–Trinajstić information content (AvgIpc) is 2.59. The van der Waals surface area contributed by atoms with Gasteiger partial charge in [-0.05, 0) is 25.5 Å². The third-order valence-corrected chi connectivity index (χ3v) is 4.44. The highest BCUT2D eigenvalue weighted by Crippen LogP contribution is 2.24. The molecule has 1 saturated heterocycles. The number of aliphatic hydroxyl groups is 1. The molecule has 7 heteroatoms. The van der Waals surface area contributed by atoms with Gasteiger partial charge in [0.15, 0.2) is 0 Å². The fourth-order valence-corrected chi connectivity index (χ4v) is 3.17. The first kappa shape index (κ1) is 19.2. The number of hydrogen-bond donors (Lipinski definition) is 3. The number of para-hydroxylation sites is 1. The highest BCUT2D eigenvalue weighted by molar-refractivity contribution is 5.78. The minimum atomic E-state index is -1.07. The Balaban J connectivity index is 1.84. The van der Waals surface area contributed by atoms with Crippen LogP contribution in [0.1, 0.15) is 24.8 Å². The zero-order valence-electron chi connectivity index (χ0n) is 14.9. The number of hydrogen-bond acceptors (Lipinski definition) is 5. The van der Waals surface area contributed by atoms with E-state index in [0.29, 0.717) is 19.5 Å². The van der Waals surface area contributed by atoms with Crippen molar-refractivity contribution in [3.63, 3.8) is 0 Å². The van der Waals surface area contributed by atoms with Crippen molar-refractivity contribution in [2.24, 2.45) is 0 Å². The van der Waals surface area contributed by atoms with E-state index in [1.54, 1.807) is 14.2 Å². The molecule has 1 aliphatic rings. The van der Waals surface area contributed by atoms with Crippen molar-refractivity contribution in [1.82, 2.24) is 15.5 Å². The summed E-state index contributed by atoms with van der Waals surface area (Å²) in [5.74, 6) is 0.431. The van der Waals surface area contributed by atoms with Crippen LogP contribution in [0, 0.1) is 0 Å². The van der Waals surface area contributed by atoms with Gasteiger partial charge < -0.3 is 20.5 Å². The smallest absolute Gasteiger partial charge is 0.234 e. The lowest BCUT2D eigenvalue weighted by Gasteiger charge is -2.38. The van der Waals surface area contributed by atoms with Crippen LogP contribution in [0.3, 0.4) is 0 Å². The minimum absolute atomic E-state index is 0.0584. The van der Waals surface area contributed by atoms with E-state index < -0.39 is 5.60 Å². The zero-order chi connectivity index (χ0) is 18.3. The third-order valence-electron chi connectivity index (χ3n) is 4.44. The Labute approximate surface area is 148 Å². The van der Waals surface area contributed by atoms with Crippen LogP contribution in [0.15, 0.2) is 24.3 Å². The molecule has 2 amide bonds. The first-order valence-corrected chi connectivity index (χ1v) is 8.50. The van der Waals surface area contributed by atoms with Crippen molar-refractivity contribution in [3.8, 4) is 5.75 Å². The number of carbonyl (C=O) groups is 2. The van der Waals surface area contributed by atoms with Gasteiger partial charge in [0, 0.05) is 25.7 Å².